The largest absolute Gasteiger partial charge is 0.481 e. The summed E-state index contributed by atoms with van der Waals surface area (Å²) in [4.78, 5) is 3.80. The molecule has 0 saturated carbocycles. The SMILES string of the molecule is COc1nc(CN)cc(CO)c1C(F)F. The fourth-order valence-corrected chi connectivity index (χ4v) is 1.26. The third-order valence-electron chi connectivity index (χ3n) is 1.95. The molecule has 1 rings (SSSR count). The monoisotopic (exact) mass is 218 g/mol. The van der Waals surface area contributed by atoms with E-state index in [9.17, 15) is 8.78 Å². The van der Waals surface area contributed by atoms with E-state index < -0.39 is 13.0 Å². The molecule has 0 aliphatic heterocycles. The summed E-state index contributed by atoms with van der Waals surface area (Å²) in [6, 6.07) is 1.35. The zero-order chi connectivity index (χ0) is 11.4. The lowest BCUT2D eigenvalue weighted by Gasteiger charge is -2.12. The predicted molar refractivity (Wildman–Crippen MR) is 49.6 cm³/mol. The first-order valence-corrected chi connectivity index (χ1v) is 4.29. The molecule has 0 amide bonds. The fourth-order valence-electron chi connectivity index (χ4n) is 1.26. The van der Waals surface area contributed by atoms with E-state index in [1.807, 2.05) is 0 Å². The van der Waals surface area contributed by atoms with Crippen LogP contribution in [0.25, 0.3) is 0 Å². The summed E-state index contributed by atoms with van der Waals surface area (Å²) in [5.41, 5.74) is 5.46. The summed E-state index contributed by atoms with van der Waals surface area (Å²) >= 11 is 0. The lowest BCUT2D eigenvalue weighted by molar-refractivity contribution is 0.141. The Morgan fingerprint density at radius 2 is 2.27 bits per heavy atom. The summed E-state index contributed by atoms with van der Waals surface area (Å²) in [5.74, 6) is -0.183. The summed E-state index contributed by atoms with van der Waals surface area (Å²) in [6.07, 6.45) is -2.73. The number of rotatable bonds is 4. The molecule has 4 nitrogen and oxygen atoms in total. The smallest absolute Gasteiger partial charge is 0.269 e. The van der Waals surface area contributed by atoms with Gasteiger partial charge in [-0.2, -0.15) is 0 Å². The Morgan fingerprint density at radius 3 is 2.67 bits per heavy atom. The van der Waals surface area contributed by atoms with Gasteiger partial charge < -0.3 is 15.6 Å². The van der Waals surface area contributed by atoms with Crippen molar-refractivity contribution in [3.8, 4) is 5.88 Å². The number of ether oxygens (including phenoxy) is 1. The van der Waals surface area contributed by atoms with Gasteiger partial charge in [0.05, 0.1) is 25.0 Å². The number of hydrogen-bond acceptors (Lipinski definition) is 4. The van der Waals surface area contributed by atoms with Crippen LogP contribution in [0.4, 0.5) is 8.78 Å². The average Bonchev–Trinajstić information content (AvgIpc) is 2.26. The van der Waals surface area contributed by atoms with Gasteiger partial charge in [0, 0.05) is 6.54 Å². The molecule has 0 aliphatic rings. The molecule has 84 valence electrons. The van der Waals surface area contributed by atoms with Gasteiger partial charge in [0.25, 0.3) is 6.43 Å². The number of hydrogen-bond donors (Lipinski definition) is 2. The highest BCUT2D eigenvalue weighted by Crippen LogP contribution is 2.31. The topological polar surface area (TPSA) is 68.4 Å². The van der Waals surface area contributed by atoms with Gasteiger partial charge in [-0.1, -0.05) is 0 Å². The molecule has 0 unspecified atom stereocenters. The Bertz CT molecular complexity index is 320. The maximum Gasteiger partial charge on any atom is 0.269 e. The number of aliphatic hydroxyl groups excluding tert-OH is 1. The van der Waals surface area contributed by atoms with Gasteiger partial charge >= 0.3 is 0 Å². The highest BCUT2D eigenvalue weighted by molar-refractivity contribution is 5.37. The number of nitrogens with zero attached hydrogens (tertiary/aromatic N) is 1. The number of methoxy groups -OCH3 is 1. The number of aromatic nitrogens is 1. The highest BCUT2D eigenvalue weighted by Gasteiger charge is 2.20. The molecule has 0 saturated heterocycles. The Kier molecular flexibility index (Phi) is 3.93. The molecule has 0 aliphatic carbocycles. The molecular formula is C9H12F2N2O2. The van der Waals surface area contributed by atoms with E-state index in [4.69, 9.17) is 15.6 Å². The maximum absolute atomic E-state index is 12.6. The van der Waals surface area contributed by atoms with Gasteiger partial charge in [-0.05, 0) is 11.6 Å². The van der Waals surface area contributed by atoms with Gasteiger partial charge in [-0.3, -0.25) is 0 Å². The van der Waals surface area contributed by atoms with E-state index in [0.29, 0.717) is 5.69 Å². The molecule has 0 atom stereocenters. The van der Waals surface area contributed by atoms with Gasteiger partial charge in [0.15, 0.2) is 0 Å². The Morgan fingerprint density at radius 1 is 1.60 bits per heavy atom. The molecular weight excluding hydrogens is 206 g/mol. The van der Waals surface area contributed by atoms with Crippen LogP contribution >= 0.6 is 0 Å². The van der Waals surface area contributed by atoms with Crippen molar-refractivity contribution in [2.45, 2.75) is 19.6 Å². The van der Waals surface area contributed by atoms with E-state index in [1.165, 1.54) is 13.2 Å². The molecule has 1 aromatic heterocycles. The van der Waals surface area contributed by atoms with E-state index in [1.54, 1.807) is 0 Å². The van der Waals surface area contributed by atoms with Crippen molar-refractivity contribution < 1.29 is 18.6 Å². The molecule has 0 fully saturated rings. The first kappa shape index (κ1) is 11.8. The average molecular weight is 218 g/mol. The van der Waals surface area contributed by atoms with Gasteiger partial charge in [0.1, 0.15) is 0 Å². The fraction of sp³-hybridized carbons (Fsp3) is 0.444. The second-order valence-corrected chi connectivity index (χ2v) is 2.86. The minimum absolute atomic E-state index is 0.0947. The van der Waals surface area contributed by atoms with E-state index in [-0.39, 0.29) is 23.6 Å². The summed E-state index contributed by atoms with van der Waals surface area (Å²) in [5, 5.41) is 8.95. The van der Waals surface area contributed by atoms with E-state index in [0.717, 1.165) is 0 Å². The molecule has 6 heteroatoms. The van der Waals surface area contributed by atoms with Crippen molar-refractivity contribution in [3.63, 3.8) is 0 Å². The number of nitrogens with two attached hydrogens (primary N) is 1. The molecule has 0 bridgehead atoms. The zero-order valence-electron chi connectivity index (χ0n) is 8.20. The van der Waals surface area contributed by atoms with Crippen LogP contribution in [0.1, 0.15) is 23.2 Å². The quantitative estimate of drug-likeness (QED) is 0.790. The second-order valence-electron chi connectivity index (χ2n) is 2.86. The molecule has 1 aromatic rings. The Balaban J connectivity index is 3.32. The number of halogens is 2. The van der Waals surface area contributed by atoms with Crippen LogP contribution in [0.3, 0.4) is 0 Å². The van der Waals surface area contributed by atoms with E-state index >= 15 is 0 Å². The molecule has 0 radical (unpaired) electrons. The molecule has 3 N–H and O–H groups in total. The molecule has 0 spiro atoms. The zero-order valence-corrected chi connectivity index (χ0v) is 8.20. The lowest BCUT2D eigenvalue weighted by atomic mass is 10.1. The third kappa shape index (κ3) is 2.40. The van der Waals surface area contributed by atoms with Crippen molar-refractivity contribution in [2.24, 2.45) is 5.73 Å². The molecule has 15 heavy (non-hydrogen) atoms. The third-order valence-corrected chi connectivity index (χ3v) is 1.95. The van der Waals surface area contributed by atoms with Crippen molar-refractivity contribution in [2.75, 3.05) is 7.11 Å². The van der Waals surface area contributed by atoms with Crippen LogP contribution in [0, 0.1) is 0 Å². The Labute approximate surface area is 85.7 Å². The van der Waals surface area contributed by atoms with Crippen LogP contribution in [-0.4, -0.2) is 17.2 Å². The lowest BCUT2D eigenvalue weighted by Crippen LogP contribution is -2.07. The van der Waals surface area contributed by atoms with Crippen molar-refractivity contribution in [1.82, 2.24) is 4.98 Å². The predicted octanol–water partition coefficient (Wildman–Crippen LogP) is 0.979. The summed E-state index contributed by atoms with van der Waals surface area (Å²) in [6.45, 7) is -0.390. The van der Waals surface area contributed by atoms with Gasteiger partial charge in [-0.15, -0.1) is 0 Å². The minimum Gasteiger partial charge on any atom is -0.481 e. The van der Waals surface area contributed by atoms with Crippen LogP contribution in [-0.2, 0) is 13.2 Å². The highest BCUT2D eigenvalue weighted by atomic mass is 19.3. The molecule has 1 heterocycles. The normalized spacial score (nSPS) is 10.8. The van der Waals surface area contributed by atoms with Crippen LogP contribution in [0.2, 0.25) is 0 Å². The number of pyridine rings is 1. The van der Waals surface area contributed by atoms with Crippen molar-refractivity contribution in [1.29, 1.82) is 0 Å². The van der Waals surface area contributed by atoms with E-state index in [2.05, 4.69) is 4.98 Å². The first-order chi connectivity index (χ1) is 7.13. The summed E-state index contributed by atoms with van der Waals surface area (Å²) in [7, 11) is 1.25. The van der Waals surface area contributed by atoms with Crippen LogP contribution in [0.15, 0.2) is 6.07 Å². The van der Waals surface area contributed by atoms with Gasteiger partial charge in [-0.25, -0.2) is 13.8 Å². The summed E-state index contributed by atoms with van der Waals surface area (Å²) < 4.78 is 30.0. The van der Waals surface area contributed by atoms with Crippen molar-refractivity contribution in [3.05, 3.63) is 22.9 Å². The number of alkyl halides is 2. The first-order valence-electron chi connectivity index (χ1n) is 4.29. The van der Waals surface area contributed by atoms with Gasteiger partial charge in [0.2, 0.25) is 5.88 Å². The second kappa shape index (κ2) is 4.99. The maximum atomic E-state index is 12.6. The minimum atomic E-state index is -2.73. The van der Waals surface area contributed by atoms with Crippen LogP contribution < -0.4 is 10.5 Å². The number of aliphatic hydroxyl groups is 1. The Hall–Kier alpha value is -1.27. The standard InChI is InChI=1S/C9H12F2N2O2/c1-15-9-7(8(10)11)5(4-14)2-6(3-12)13-9/h2,8,14H,3-4,12H2,1H3. The van der Waals surface area contributed by atoms with Crippen LogP contribution in [0.5, 0.6) is 5.88 Å². The van der Waals surface area contributed by atoms with Crippen molar-refractivity contribution >= 4 is 0 Å². The molecule has 0 aromatic carbocycles.